The Morgan fingerprint density at radius 1 is 1.22 bits per heavy atom. The number of azide groups is 1. The number of ketones is 2. The molecule has 23 heavy (non-hydrogen) atoms. The lowest BCUT2D eigenvalue weighted by atomic mass is 10.2. The van der Waals surface area contributed by atoms with Crippen LogP contribution in [0.4, 0.5) is 4.79 Å². The summed E-state index contributed by atoms with van der Waals surface area (Å²) in [5, 5.41) is 6.12. The van der Waals surface area contributed by atoms with Gasteiger partial charge in [0.1, 0.15) is 17.2 Å². The largest absolute Gasteiger partial charge is 0.444 e. The SMILES string of the molecule is CC(C)(C)OC(=O)NC1CCC(=O)C1.[N-]=[N+]=NC1CCC(=O)C1. The van der Waals surface area contributed by atoms with Crippen LogP contribution in [0.1, 0.15) is 59.3 Å². The van der Waals surface area contributed by atoms with Crippen molar-refractivity contribution in [2.24, 2.45) is 5.11 Å². The molecule has 0 aromatic heterocycles. The number of rotatable bonds is 2. The van der Waals surface area contributed by atoms with Crippen LogP contribution >= 0.6 is 0 Å². The van der Waals surface area contributed by atoms with Crippen molar-refractivity contribution in [1.82, 2.24) is 5.32 Å². The van der Waals surface area contributed by atoms with Crippen LogP contribution in [0.3, 0.4) is 0 Å². The number of nitrogens with one attached hydrogen (secondary N) is 1. The lowest BCUT2D eigenvalue weighted by Crippen LogP contribution is -2.37. The van der Waals surface area contributed by atoms with E-state index in [1.165, 1.54) is 0 Å². The van der Waals surface area contributed by atoms with Gasteiger partial charge in [-0.1, -0.05) is 5.11 Å². The maximum Gasteiger partial charge on any atom is 0.407 e. The van der Waals surface area contributed by atoms with Gasteiger partial charge in [0.25, 0.3) is 0 Å². The molecule has 0 spiro atoms. The van der Waals surface area contributed by atoms with Gasteiger partial charge in [-0.15, -0.1) is 0 Å². The molecule has 0 aliphatic heterocycles. The number of carbonyl (C=O) groups is 3. The maximum atomic E-state index is 11.3. The molecule has 2 unspecified atom stereocenters. The van der Waals surface area contributed by atoms with E-state index in [1.54, 1.807) is 0 Å². The van der Waals surface area contributed by atoms with Gasteiger partial charge in [0.15, 0.2) is 0 Å². The zero-order chi connectivity index (χ0) is 17.5. The number of hydrogen-bond acceptors (Lipinski definition) is 5. The molecule has 2 atom stereocenters. The first-order valence-corrected chi connectivity index (χ1v) is 7.76. The minimum absolute atomic E-state index is 0.0302. The molecule has 0 aromatic rings. The summed E-state index contributed by atoms with van der Waals surface area (Å²) in [6.45, 7) is 5.44. The lowest BCUT2D eigenvalue weighted by Gasteiger charge is -2.21. The van der Waals surface area contributed by atoms with Crippen molar-refractivity contribution in [3.63, 3.8) is 0 Å². The molecule has 2 saturated carbocycles. The van der Waals surface area contributed by atoms with Crippen LogP contribution in [0.2, 0.25) is 0 Å². The maximum absolute atomic E-state index is 11.3. The number of hydrogen-bond donors (Lipinski definition) is 1. The Balaban J connectivity index is 0.000000253. The predicted molar refractivity (Wildman–Crippen MR) is 83.8 cm³/mol. The fourth-order valence-corrected chi connectivity index (χ4v) is 2.38. The molecule has 1 amide bonds. The standard InChI is InChI=1S/C10H17NO3.C5H7N3O/c1-10(2,3)14-9(13)11-7-4-5-8(12)6-7;6-8-7-4-1-2-5(9)3-4/h7H,4-6H2,1-3H3,(H,11,13);4H,1-3H2. The molecule has 1 N–H and O–H groups in total. The first kappa shape index (κ1) is 19.0. The summed E-state index contributed by atoms with van der Waals surface area (Å²) in [5.74, 6) is 0.429. The molecule has 0 heterocycles. The van der Waals surface area contributed by atoms with E-state index in [2.05, 4.69) is 15.3 Å². The van der Waals surface area contributed by atoms with Gasteiger partial charge < -0.3 is 10.1 Å². The van der Waals surface area contributed by atoms with Gasteiger partial charge >= 0.3 is 6.09 Å². The molecule has 2 aliphatic rings. The van der Waals surface area contributed by atoms with Gasteiger partial charge in [0.05, 0.1) is 0 Å². The van der Waals surface area contributed by atoms with E-state index >= 15 is 0 Å². The second-order valence-corrected chi connectivity index (χ2v) is 6.76. The van der Waals surface area contributed by atoms with Crippen molar-refractivity contribution in [3.05, 3.63) is 10.4 Å². The third kappa shape index (κ3) is 8.21. The smallest absolute Gasteiger partial charge is 0.407 e. The lowest BCUT2D eigenvalue weighted by molar-refractivity contribution is -0.118. The Bertz CT molecular complexity index is 506. The highest BCUT2D eigenvalue weighted by Crippen LogP contribution is 2.17. The highest BCUT2D eigenvalue weighted by molar-refractivity contribution is 5.82. The van der Waals surface area contributed by atoms with Crippen molar-refractivity contribution < 1.29 is 19.1 Å². The van der Waals surface area contributed by atoms with E-state index in [9.17, 15) is 14.4 Å². The fourth-order valence-electron chi connectivity index (χ4n) is 2.38. The summed E-state index contributed by atoms with van der Waals surface area (Å²) < 4.78 is 5.07. The quantitative estimate of drug-likeness (QED) is 0.476. The van der Waals surface area contributed by atoms with Crippen LogP contribution < -0.4 is 5.32 Å². The number of Topliss-reactive ketones (excluding diaryl/α,β-unsaturated/α-hetero) is 2. The van der Waals surface area contributed by atoms with Crippen LogP contribution in [0.25, 0.3) is 10.4 Å². The molecular weight excluding hydrogens is 300 g/mol. The highest BCUT2D eigenvalue weighted by Gasteiger charge is 2.25. The zero-order valence-electron chi connectivity index (χ0n) is 13.9. The van der Waals surface area contributed by atoms with Crippen molar-refractivity contribution in [1.29, 1.82) is 0 Å². The average molecular weight is 324 g/mol. The van der Waals surface area contributed by atoms with Crippen molar-refractivity contribution in [2.45, 2.75) is 77.0 Å². The minimum atomic E-state index is -0.479. The molecule has 0 radical (unpaired) electrons. The molecule has 2 rings (SSSR count). The monoisotopic (exact) mass is 324 g/mol. The Hall–Kier alpha value is -2.08. The van der Waals surface area contributed by atoms with E-state index in [0.29, 0.717) is 25.7 Å². The number of amides is 1. The van der Waals surface area contributed by atoms with E-state index in [4.69, 9.17) is 10.3 Å². The van der Waals surface area contributed by atoms with Crippen LogP contribution in [-0.2, 0) is 14.3 Å². The molecular formula is C15H24N4O4. The number of ether oxygens (including phenoxy) is 1. The topological polar surface area (TPSA) is 121 Å². The summed E-state index contributed by atoms with van der Waals surface area (Å²) >= 11 is 0. The van der Waals surface area contributed by atoms with Crippen LogP contribution in [-0.4, -0.2) is 35.3 Å². The number of alkyl carbamates (subject to hydrolysis) is 1. The molecule has 8 nitrogen and oxygen atoms in total. The first-order chi connectivity index (χ1) is 10.7. The van der Waals surface area contributed by atoms with Gasteiger partial charge in [-0.05, 0) is 39.1 Å². The van der Waals surface area contributed by atoms with E-state index in [-0.39, 0.29) is 23.7 Å². The Kier molecular flexibility index (Phi) is 7.03. The number of carbonyl (C=O) groups excluding carboxylic acids is 3. The Morgan fingerprint density at radius 3 is 2.26 bits per heavy atom. The van der Waals surface area contributed by atoms with E-state index in [0.717, 1.165) is 12.8 Å². The Labute approximate surface area is 135 Å². The fraction of sp³-hybridized carbons (Fsp3) is 0.800. The summed E-state index contributed by atoms with van der Waals surface area (Å²) in [6, 6.07) is -0.0835. The van der Waals surface area contributed by atoms with Gasteiger partial charge in [-0.2, -0.15) is 0 Å². The molecule has 128 valence electrons. The second kappa shape index (κ2) is 8.53. The van der Waals surface area contributed by atoms with Gasteiger partial charge in [0.2, 0.25) is 0 Å². The van der Waals surface area contributed by atoms with Gasteiger partial charge in [-0.3, -0.25) is 9.59 Å². The normalized spacial score (nSPS) is 23.6. The second-order valence-electron chi connectivity index (χ2n) is 6.76. The first-order valence-electron chi connectivity index (χ1n) is 7.76. The van der Waals surface area contributed by atoms with Gasteiger partial charge in [0, 0.05) is 42.7 Å². The summed E-state index contributed by atoms with van der Waals surface area (Å²) in [7, 11) is 0. The average Bonchev–Trinajstić information content (AvgIpc) is 2.97. The van der Waals surface area contributed by atoms with Crippen molar-refractivity contribution >= 4 is 17.7 Å². The molecule has 0 saturated heterocycles. The third-order valence-corrected chi connectivity index (χ3v) is 3.40. The van der Waals surface area contributed by atoms with E-state index < -0.39 is 11.7 Å². The van der Waals surface area contributed by atoms with Crippen molar-refractivity contribution in [2.75, 3.05) is 0 Å². The third-order valence-electron chi connectivity index (χ3n) is 3.40. The highest BCUT2D eigenvalue weighted by atomic mass is 16.6. The molecule has 8 heteroatoms. The van der Waals surface area contributed by atoms with Gasteiger partial charge in [-0.25, -0.2) is 4.79 Å². The molecule has 0 bridgehead atoms. The van der Waals surface area contributed by atoms with E-state index in [1.807, 2.05) is 20.8 Å². The number of nitrogens with zero attached hydrogens (tertiary/aromatic N) is 3. The predicted octanol–water partition coefficient (Wildman–Crippen LogP) is 3.05. The summed E-state index contributed by atoms with van der Waals surface area (Å²) in [4.78, 5) is 35.4. The van der Waals surface area contributed by atoms with Crippen LogP contribution in [0, 0.1) is 0 Å². The van der Waals surface area contributed by atoms with Crippen molar-refractivity contribution in [3.8, 4) is 0 Å². The zero-order valence-corrected chi connectivity index (χ0v) is 13.9. The van der Waals surface area contributed by atoms with Crippen LogP contribution in [0.5, 0.6) is 0 Å². The molecule has 2 aliphatic carbocycles. The molecule has 0 aromatic carbocycles. The summed E-state index contributed by atoms with van der Waals surface area (Å²) in [6.07, 6.45) is 3.09. The summed E-state index contributed by atoms with van der Waals surface area (Å²) in [5.41, 5.74) is 7.48. The molecule has 2 fully saturated rings. The van der Waals surface area contributed by atoms with Crippen LogP contribution in [0.15, 0.2) is 5.11 Å². The minimum Gasteiger partial charge on any atom is -0.444 e. The Morgan fingerprint density at radius 2 is 1.83 bits per heavy atom.